The van der Waals surface area contributed by atoms with Gasteiger partial charge in [-0.25, -0.2) is 9.59 Å². The lowest BCUT2D eigenvalue weighted by Crippen LogP contribution is -2.36. The highest BCUT2D eigenvalue weighted by Gasteiger charge is 2.28. The second-order valence-corrected chi connectivity index (χ2v) is 12.9. The van der Waals surface area contributed by atoms with Crippen LogP contribution in [0.25, 0.3) is 10.4 Å². The Kier molecular flexibility index (Phi) is 10.3. The maximum atomic E-state index is 13.8. The molecule has 0 spiro atoms. The smallest absolute Gasteiger partial charge is 0.351 e. The van der Waals surface area contributed by atoms with E-state index in [1.165, 1.54) is 37.7 Å². The van der Waals surface area contributed by atoms with Crippen LogP contribution >= 0.6 is 27.3 Å². The van der Waals surface area contributed by atoms with E-state index in [2.05, 4.69) is 15.9 Å². The zero-order chi connectivity index (χ0) is 29.6. The number of anilines is 1. The molecule has 0 aliphatic heterocycles. The minimum atomic E-state index is -0.663. The third-order valence-corrected chi connectivity index (χ3v) is 9.00. The number of hydrogen-bond acceptors (Lipinski definition) is 7. The normalized spacial score (nSPS) is 13.9. The van der Waals surface area contributed by atoms with Gasteiger partial charge in [-0.05, 0) is 85.3 Å². The van der Waals surface area contributed by atoms with E-state index in [0.717, 1.165) is 29.0 Å². The number of methoxy groups -OCH3 is 1. The highest BCUT2D eigenvalue weighted by molar-refractivity contribution is 9.10. The second kappa shape index (κ2) is 13.7. The van der Waals surface area contributed by atoms with E-state index in [9.17, 15) is 14.4 Å². The van der Waals surface area contributed by atoms with Crippen LogP contribution < -0.4 is 9.64 Å². The molecule has 0 atom stereocenters. The molecule has 1 saturated carbocycles. The number of nitrogens with zero attached hydrogens (tertiary/aromatic N) is 1. The van der Waals surface area contributed by atoms with Crippen LogP contribution in [-0.2, 0) is 14.3 Å². The minimum Gasteiger partial charge on any atom is -0.479 e. The summed E-state index contributed by atoms with van der Waals surface area (Å²) in [6.45, 7) is 5.60. The Morgan fingerprint density at radius 1 is 1.00 bits per heavy atom. The molecule has 0 radical (unpaired) electrons. The summed E-state index contributed by atoms with van der Waals surface area (Å²) in [6.07, 6.45) is 5.82. The predicted molar refractivity (Wildman–Crippen MR) is 165 cm³/mol. The summed E-state index contributed by atoms with van der Waals surface area (Å²) >= 11 is 4.80. The van der Waals surface area contributed by atoms with Crippen molar-refractivity contribution in [2.24, 2.45) is 5.92 Å². The maximum Gasteiger partial charge on any atom is 0.351 e. The number of thiophene rings is 1. The zero-order valence-electron chi connectivity index (χ0n) is 23.9. The summed E-state index contributed by atoms with van der Waals surface area (Å²) in [7, 11) is 1.30. The average molecular weight is 643 g/mol. The Labute approximate surface area is 253 Å². The van der Waals surface area contributed by atoms with Crippen LogP contribution in [0.2, 0.25) is 0 Å². The van der Waals surface area contributed by atoms with Crippen molar-refractivity contribution in [2.45, 2.75) is 58.5 Å². The Morgan fingerprint density at radius 2 is 1.71 bits per heavy atom. The fourth-order valence-corrected chi connectivity index (χ4v) is 6.89. The SMILES string of the molecule is COC(=O)c1sc(-c2cccc(N(CC3CCCCC3)C(=O)c3ccccc3)c2)c(Br)c1OCC(=O)OC(C)(C)C. The number of carbonyl (C=O) groups excluding carboxylic acids is 3. The summed E-state index contributed by atoms with van der Waals surface area (Å²) in [4.78, 5) is 41.6. The van der Waals surface area contributed by atoms with Gasteiger partial charge in [0.05, 0.1) is 16.5 Å². The van der Waals surface area contributed by atoms with Crippen molar-refractivity contribution < 1.29 is 28.6 Å². The van der Waals surface area contributed by atoms with Crippen molar-refractivity contribution in [1.82, 2.24) is 0 Å². The van der Waals surface area contributed by atoms with E-state index < -0.39 is 17.5 Å². The molecule has 0 saturated heterocycles. The summed E-state index contributed by atoms with van der Waals surface area (Å²) < 4.78 is 16.7. The van der Waals surface area contributed by atoms with Gasteiger partial charge in [0.15, 0.2) is 17.2 Å². The fourth-order valence-electron chi connectivity index (χ4n) is 4.92. The molecule has 2 aromatic carbocycles. The average Bonchev–Trinajstić information content (AvgIpc) is 3.30. The van der Waals surface area contributed by atoms with Gasteiger partial charge in [-0.2, -0.15) is 0 Å². The molecule has 0 bridgehead atoms. The Hall–Kier alpha value is -3.17. The molecule has 0 unspecified atom stereocenters. The first-order valence-electron chi connectivity index (χ1n) is 13.8. The Balaban J connectivity index is 1.68. The van der Waals surface area contributed by atoms with Crippen LogP contribution in [0.4, 0.5) is 5.69 Å². The zero-order valence-corrected chi connectivity index (χ0v) is 26.3. The van der Waals surface area contributed by atoms with Gasteiger partial charge >= 0.3 is 11.9 Å². The number of esters is 2. The van der Waals surface area contributed by atoms with Gasteiger partial charge in [0.2, 0.25) is 0 Å². The minimum absolute atomic E-state index is 0.0461. The molecule has 7 nitrogen and oxygen atoms in total. The van der Waals surface area contributed by atoms with Crippen molar-refractivity contribution in [3.8, 4) is 16.2 Å². The molecule has 3 aromatic rings. The van der Waals surface area contributed by atoms with Crippen LogP contribution in [0.15, 0.2) is 59.1 Å². The molecular weight excluding hydrogens is 606 g/mol. The van der Waals surface area contributed by atoms with Crippen molar-refractivity contribution in [3.05, 3.63) is 69.5 Å². The van der Waals surface area contributed by atoms with E-state index in [1.54, 1.807) is 20.8 Å². The third-order valence-electron chi connectivity index (χ3n) is 6.79. The molecule has 9 heteroatoms. The summed E-state index contributed by atoms with van der Waals surface area (Å²) in [6, 6.07) is 17.1. The van der Waals surface area contributed by atoms with Crippen molar-refractivity contribution in [3.63, 3.8) is 0 Å². The fraction of sp³-hybridized carbons (Fsp3) is 0.406. The number of hydrogen-bond donors (Lipinski definition) is 0. The number of ether oxygens (including phenoxy) is 3. The topological polar surface area (TPSA) is 82.1 Å². The standard InChI is InChI=1S/C32H36BrNO6S/c1-32(2,3)40-25(35)20-39-27-26(33)28(41-29(27)31(37)38-4)23-16-11-17-24(18-23)34(19-21-12-7-5-8-13-21)30(36)22-14-9-6-10-15-22/h6,9-11,14-18,21H,5,7-8,12-13,19-20H2,1-4H3. The van der Waals surface area contributed by atoms with Crippen LogP contribution in [0.3, 0.4) is 0 Å². The molecule has 1 aromatic heterocycles. The van der Waals surface area contributed by atoms with Crippen LogP contribution in [0, 0.1) is 5.92 Å². The molecule has 1 fully saturated rings. The lowest BCUT2D eigenvalue weighted by molar-refractivity contribution is -0.157. The molecule has 1 amide bonds. The number of rotatable bonds is 9. The first-order chi connectivity index (χ1) is 19.6. The highest BCUT2D eigenvalue weighted by atomic mass is 79.9. The Bertz CT molecular complexity index is 1370. The quantitative estimate of drug-likeness (QED) is 0.221. The van der Waals surface area contributed by atoms with E-state index in [1.807, 2.05) is 59.5 Å². The number of halogens is 1. The summed E-state index contributed by atoms with van der Waals surface area (Å²) in [5.41, 5.74) is 1.55. The van der Waals surface area contributed by atoms with E-state index in [0.29, 0.717) is 22.5 Å². The van der Waals surface area contributed by atoms with Crippen LogP contribution in [0.5, 0.6) is 5.75 Å². The van der Waals surface area contributed by atoms with Gasteiger partial charge in [-0.15, -0.1) is 11.3 Å². The third kappa shape index (κ3) is 7.98. The first-order valence-corrected chi connectivity index (χ1v) is 15.4. The molecule has 1 heterocycles. The largest absolute Gasteiger partial charge is 0.479 e. The monoisotopic (exact) mass is 641 g/mol. The van der Waals surface area contributed by atoms with Crippen molar-refractivity contribution in [2.75, 3.05) is 25.2 Å². The number of benzene rings is 2. The predicted octanol–water partition coefficient (Wildman–Crippen LogP) is 7.91. The molecule has 0 N–H and O–H groups in total. The molecule has 218 valence electrons. The van der Waals surface area contributed by atoms with Gasteiger partial charge in [-0.3, -0.25) is 4.79 Å². The van der Waals surface area contributed by atoms with Gasteiger partial charge < -0.3 is 19.1 Å². The van der Waals surface area contributed by atoms with Crippen molar-refractivity contribution in [1.29, 1.82) is 0 Å². The van der Waals surface area contributed by atoms with Gasteiger partial charge in [0.1, 0.15) is 5.60 Å². The molecule has 4 rings (SSSR count). The second-order valence-electron chi connectivity index (χ2n) is 11.1. The van der Waals surface area contributed by atoms with E-state index >= 15 is 0 Å². The molecular formula is C32H36BrNO6S. The van der Waals surface area contributed by atoms with Gasteiger partial charge in [0.25, 0.3) is 5.91 Å². The van der Waals surface area contributed by atoms with Gasteiger partial charge in [0, 0.05) is 17.8 Å². The summed E-state index contributed by atoms with van der Waals surface area (Å²) in [5.74, 6) is -0.515. The molecule has 1 aliphatic rings. The van der Waals surface area contributed by atoms with Gasteiger partial charge in [-0.1, -0.05) is 49.6 Å². The van der Waals surface area contributed by atoms with Crippen LogP contribution in [0.1, 0.15) is 72.9 Å². The molecule has 1 aliphatic carbocycles. The first kappa shape index (κ1) is 30.8. The highest BCUT2D eigenvalue weighted by Crippen LogP contribution is 2.46. The number of carbonyl (C=O) groups is 3. The van der Waals surface area contributed by atoms with Crippen molar-refractivity contribution >= 4 is 50.8 Å². The lowest BCUT2D eigenvalue weighted by atomic mass is 9.88. The summed E-state index contributed by atoms with van der Waals surface area (Å²) in [5, 5.41) is 0. The molecule has 41 heavy (non-hydrogen) atoms. The maximum absolute atomic E-state index is 13.8. The lowest BCUT2D eigenvalue weighted by Gasteiger charge is -2.30. The number of amides is 1. The Morgan fingerprint density at radius 3 is 2.37 bits per heavy atom. The van der Waals surface area contributed by atoms with E-state index in [4.69, 9.17) is 14.2 Å². The van der Waals surface area contributed by atoms with E-state index in [-0.39, 0.29) is 23.1 Å². The van der Waals surface area contributed by atoms with Crippen LogP contribution in [-0.4, -0.2) is 43.7 Å².